The number of hydrogen-bond donors (Lipinski definition) is 1. The Bertz CT molecular complexity index is 416. The van der Waals surface area contributed by atoms with Crippen molar-refractivity contribution in [1.82, 2.24) is 9.88 Å². The van der Waals surface area contributed by atoms with Crippen LogP contribution in [-0.2, 0) is 6.54 Å². The van der Waals surface area contributed by atoms with Crippen molar-refractivity contribution in [3.63, 3.8) is 0 Å². The molecule has 1 aromatic heterocycles. The fraction of sp³-hybridized carbons (Fsp3) is 0.692. The van der Waals surface area contributed by atoms with Gasteiger partial charge in [-0.25, -0.2) is 4.98 Å². The number of likely N-dealkylation sites (tertiary alicyclic amines) is 1. The van der Waals surface area contributed by atoms with Crippen LogP contribution in [0.3, 0.4) is 0 Å². The molecule has 1 atom stereocenters. The topological polar surface area (TPSA) is 59.2 Å². The summed E-state index contributed by atoms with van der Waals surface area (Å²) in [5.41, 5.74) is 6.10. The van der Waals surface area contributed by atoms with Crippen molar-refractivity contribution in [2.45, 2.75) is 45.7 Å². The lowest BCUT2D eigenvalue weighted by Crippen LogP contribution is -2.46. The van der Waals surface area contributed by atoms with E-state index in [-0.39, 0.29) is 5.91 Å². The van der Waals surface area contributed by atoms with Crippen LogP contribution in [0.1, 0.15) is 48.6 Å². The largest absolute Gasteiger partial charge is 0.334 e. The molecule has 2 heterocycles. The standard InChI is InChI=1S/C13H21N3OS/c1-9(2)11-5-3-4-6-16(11)13(17)10-8-18-12(7-14)15-10/h8-9,11H,3-7,14H2,1-2H3. The molecule has 2 N–H and O–H groups in total. The van der Waals surface area contributed by atoms with Crippen molar-refractivity contribution in [2.75, 3.05) is 6.54 Å². The summed E-state index contributed by atoms with van der Waals surface area (Å²) in [6, 6.07) is 0.356. The molecule has 1 aliphatic heterocycles. The number of amides is 1. The molecule has 0 aromatic carbocycles. The Hall–Kier alpha value is -0.940. The van der Waals surface area contributed by atoms with Crippen LogP contribution in [0.2, 0.25) is 0 Å². The Morgan fingerprint density at radius 1 is 1.61 bits per heavy atom. The van der Waals surface area contributed by atoms with Crippen molar-refractivity contribution in [3.8, 4) is 0 Å². The van der Waals surface area contributed by atoms with E-state index in [0.29, 0.717) is 24.2 Å². The first-order chi connectivity index (χ1) is 8.63. The summed E-state index contributed by atoms with van der Waals surface area (Å²) >= 11 is 1.47. The second-order valence-corrected chi connectivity index (χ2v) is 6.08. The van der Waals surface area contributed by atoms with E-state index in [4.69, 9.17) is 5.73 Å². The highest BCUT2D eigenvalue weighted by molar-refractivity contribution is 7.09. The first-order valence-electron chi connectivity index (χ1n) is 6.59. The van der Waals surface area contributed by atoms with Crippen LogP contribution in [-0.4, -0.2) is 28.4 Å². The summed E-state index contributed by atoms with van der Waals surface area (Å²) in [7, 11) is 0. The summed E-state index contributed by atoms with van der Waals surface area (Å²) in [6.45, 7) is 5.63. The molecule has 1 unspecified atom stereocenters. The molecular weight excluding hydrogens is 246 g/mol. The number of piperidine rings is 1. The molecule has 5 heteroatoms. The van der Waals surface area contributed by atoms with E-state index in [9.17, 15) is 4.79 Å². The van der Waals surface area contributed by atoms with Gasteiger partial charge in [0.05, 0.1) is 0 Å². The molecule has 18 heavy (non-hydrogen) atoms. The van der Waals surface area contributed by atoms with Crippen molar-refractivity contribution < 1.29 is 4.79 Å². The van der Waals surface area contributed by atoms with E-state index in [1.54, 1.807) is 0 Å². The van der Waals surface area contributed by atoms with Crippen LogP contribution >= 0.6 is 11.3 Å². The molecule has 1 aliphatic rings. The number of carbonyl (C=O) groups is 1. The lowest BCUT2D eigenvalue weighted by molar-refractivity contribution is 0.0538. The third-order valence-electron chi connectivity index (χ3n) is 3.53. The van der Waals surface area contributed by atoms with Gasteiger partial charge in [-0.2, -0.15) is 0 Å². The van der Waals surface area contributed by atoms with E-state index in [2.05, 4.69) is 18.8 Å². The number of thiazole rings is 1. The Labute approximate surface area is 112 Å². The summed E-state index contributed by atoms with van der Waals surface area (Å²) in [6.07, 6.45) is 3.43. The number of carbonyl (C=O) groups excluding carboxylic acids is 1. The third-order valence-corrected chi connectivity index (χ3v) is 4.40. The third kappa shape index (κ3) is 2.72. The highest BCUT2D eigenvalue weighted by atomic mass is 32.1. The van der Waals surface area contributed by atoms with Gasteiger partial charge in [0.25, 0.3) is 5.91 Å². The fourth-order valence-electron chi connectivity index (χ4n) is 2.55. The fourth-order valence-corrected chi connectivity index (χ4v) is 3.20. The molecule has 1 aromatic rings. The van der Waals surface area contributed by atoms with Crippen LogP contribution in [0.5, 0.6) is 0 Å². The lowest BCUT2D eigenvalue weighted by Gasteiger charge is -2.37. The van der Waals surface area contributed by atoms with E-state index in [1.165, 1.54) is 17.8 Å². The van der Waals surface area contributed by atoms with Crippen LogP contribution in [0.25, 0.3) is 0 Å². The summed E-state index contributed by atoms with van der Waals surface area (Å²) in [5.74, 6) is 0.575. The van der Waals surface area contributed by atoms with Crippen LogP contribution in [0, 0.1) is 5.92 Å². The smallest absolute Gasteiger partial charge is 0.273 e. The highest BCUT2D eigenvalue weighted by Gasteiger charge is 2.30. The van der Waals surface area contributed by atoms with Crippen LogP contribution < -0.4 is 5.73 Å². The zero-order valence-corrected chi connectivity index (χ0v) is 11.9. The maximum atomic E-state index is 12.5. The predicted molar refractivity (Wildman–Crippen MR) is 73.5 cm³/mol. The van der Waals surface area contributed by atoms with Gasteiger partial charge in [0.2, 0.25) is 0 Å². The minimum Gasteiger partial charge on any atom is -0.334 e. The quantitative estimate of drug-likeness (QED) is 0.913. The average molecular weight is 267 g/mol. The molecule has 0 aliphatic carbocycles. The number of rotatable bonds is 3. The molecule has 1 fully saturated rings. The highest BCUT2D eigenvalue weighted by Crippen LogP contribution is 2.25. The van der Waals surface area contributed by atoms with Gasteiger partial charge >= 0.3 is 0 Å². The first-order valence-corrected chi connectivity index (χ1v) is 7.47. The normalized spacial score (nSPS) is 20.4. The molecule has 0 spiro atoms. The number of hydrogen-bond acceptors (Lipinski definition) is 4. The predicted octanol–water partition coefficient (Wildman–Crippen LogP) is 2.25. The molecule has 1 saturated heterocycles. The Morgan fingerprint density at radius 2 is 2.39 bits per heavy atom. The van der Waals surface area contributed by atoms with Crippen LogP contribution in [0.15, 0.2) is 5.38 Å². The van der Waals surface area contributed by atoms with E-state index in [1.807, 2.05) is 10.3 Å². The Kier molecular flexibility index (Phi) is 4.35. The molecule has 0 bridgehead atoms. The number of nitrogens with zero attached hydrogens (tertiary/aromatic N) is 2. The van der Waals surface area contributed by atoms with Gasteiger partial charge < -0.3 is 10.6 Å². The average Bonchev–Trinajstić information content (AvgIpc) is 2.86. The van der Waals surface area contributed by atoms with Gasteiger partial charge in [-0.3, -0.25) is 4.79 Å². The summed E-state index contributed by atoms with van der Waals surface area (Å²) < 4.78 is 0. The molecule has 0 saturated carbocycles. The minimum absolute atomic E-state index is 0.0735. The Morgan fingerprint density at radius 3 is 3.00 bits per heavy atom. The van der Waals surface area contributed by atoms with Crippen molar-refractivity contribution >= 4 is 17.2 Å². The first kappa shape index (κ1) is 13.5. The van der Waals surface area contributed by atoms with Gasteiger partial charge in [0.15, 0.2) is 0 Å². The van der Waals surface area contributed by atoms with Crippen molar-refractivity contribution in [3.05, 3.63) is 16.1 Å². The number of nitrogens with two attached hydrogens (primary N) is 1. The summed E-state index contributed by atoms with van der Waals surface area (Å²) in [4.78, 5) is 18.8. The number of aromatic nitrogens is 1. The van der Waals surface area contributed by atoms with Gasteiger partial charge in [0, 0.05) is 24.5 Å². The zero-order valence-electron chi connectivity index (χ0n) is 11.1. The zero-order chi connectivity index (χ0) is 13.1. The van der Waals surface area contributed by atoms with Gasteiger partial charge in [-0.15, -0.1) is 11.3 Å². The Balaban J connectivity index is 2.15. The molecule has 4 nitrogen and oxygen atoms in total. The summed E-state index contributed by atoms with van der Waals surface area (Å²) in [5, 5.41) is 2.66. The van der Waals surface area contributed by atoms with E-state index in [0.717, 1.165) is 24.4 Å². The van der Waals surface area contributed by atoms with Gasteiger partial charge in [-0.05, 0) is 25.2 Å². The second kappa shape index (κ2) is 5.80. The molecule has 100 valence electrons. The van der Waals surface area contributed by atoms with Gasteiger partial charge in [-0.1, -0.05) is 13.8 Å². The van der Waals surface area contributed by atoms with E-state index < -0.39 is 0 Å². The van der Waals surface area contributed by atoms with E-state index >= 15 is 0 Å². The van der Waals surface area contributed by atoms with Crippen LogP contribution in [0.4, 0.5) is 0 Å². The molecular formula is C13H21N3OS. The van der Waals surface area contributed by atoms with Gasteiger partial charge in [0.1, 0.15) is 10.7 Å². The maximum Gasteiger partial charge on any atom is 0.273 e. The molecule has 0 radical (unpaired) electrons. The monoisotopic (exact) mass is 267 g/mol. The van der Waals surface area contributed by atoms with Crippen molar-refractivity contribution in [1.29, 1.82) is 0 Å². The SMILES string of the molecule is CC(C)C1CCCCN1C(=O)c1csc(CN)n1. The van der Waals surface area contributed by atoms with Crippen molar-refractivity contribution in [2.24, 2.45) is 11.7 Å². The minimum atomic E-state index is 0.0735. The molecule has 2 rings (SSSR count). The maximum absolute atomic E-state index is 12.5. The lowest BCUT2D eigenvalue weighted by atomic mass is 9.92. The second-order valence-electron chi connectivity index (χ2n) is 5.14. The molecule has 1 amide bonds.